The highest BCUT2D eigenvalue weighted by Gasteiger charge is 2.24. The molecule has 1 aromatic heterocycles. The number of rotatable bonds is 1. The van der Waals surface area contributed by atoms with Crippen LogP contribution in [0.5, 0.6) is 6.08 Å². The van der Waals surface area contributed by atoms with E-state index in [9.17, 15) is 0 Å². The van der Waals surface area contributed by atoms with E-state index in [1.54, 1.807) is 7.11 Å². The van der Waals surface area contributed by atoms with E-state index >= 15 is 0 Å². The van der Waals surface area contributed by atoms with E-state index in [1.807, 2.05) is 0 Å². The van der Waals surface area contributed by atoms with Crippen LogP contribution in [0.2, 0.25) is 0 Å². The molecule has 0 aromatic carbocycles. The first-order valence-corrected chi connectivity index (χ1v) is 4.74. The van der Waals surface area contributed by atoms with Crippen LogP contribution in [0.25, 0.3) is 0 Å². The molecule has 0 aliphatic heterocycles. The van der Waals surface area contributed by atoms with Gasteiger partial charge in [-0.1, -0.05) is 20.8 Å². The molecule has 0 bridgehead atoms. The molecular formula is C8H12INO2. The van der Waals surface area contributed by atoms with Gasteiger partial charge in [0.2, 0.25) is 0 Å². The fraction of sp³-hybridized carbons (Fsp3) is 0.625. The molecule has 1 aromatic rings. The number of halogens is 1. The number of nitrogens with zero attached hydrogens (tertiary/aromatic N) is 1. The SMILES string of the molecule is COc1nc(I)c(C(C)(C)C)o1. The van der Waals surface area contributed by atoms with Crippen molar-refractivity contribution in [1.29, 1.82) is 0 Å². The Hall–Kier alpha value is -0.260. The third-order valence-electron chi connectivity index (χ3n) is 1.42. The topological polar surface area (TPSA) is 35.3 Å². The van der Waals surface area contributed by atoms with Gasteiger partial charge < -0.3 is 9.15 Å². The standard InChI is InChI=1S/C8H12INO2/c1-8(2,3)5-6(9)10-7(11-4)12-5/h1-4H3. The Labute approximate surface area is 85.6 Å². The van der Waals surface area contributed by atoms with Crippen LogP contribution in [0.15, 0.2) is 4.42 Å². The van der Waals surface area contributed by atoms with E-state index in [-0.39, 0.29) is 5.41 Å². The Kier molecular flexibility index (Phi) is 2.65. The molecule has 12 heavy (non-hydrogen) atoms. The van der Waals surface area contributed by atoms with Crippen LogP contribution in [-0.4, -0.2) is 12.1 Å². The molecule has 0 atom stereocenters. The zero-order valence-electron chi connectivity index (χ0n) is 7.64. The van der Waals surface area contributed by atoms with Crippen LogP contribution in [-0.2, 0) is 5.41 Å². The summed E-state index contributed by atoms with van der Waals surface area (Å²) < 4.78 is 11.1. The number of oxazole rings is 1. The van der Waals surface area contributed by atoms with Gasteiger partial charge >= 0.3 is 6.08 Å². The quantitative estimate of drug-likeness (QED) is 0.742. The fourth-order valence-electron chi connectivity index (χ4n) is 0.833. The van der Waals surface area contributed by atoms with Crippen molar-refractivity contribution in [2.45, 2.75) is 26.2 Å². The van der Waals surface area contributed by atoms with Gasteiger partial charge in [0.1, 0.15) is 9.46 Å². The molecule has 1 heterocycles. The first kappa shape index (κ1) is 9.83. The van der Waals surface area contributed by atoms with Crippen LogP contribution >= 0.6 is 22.6 Å². The largest absolute Gasteiger partial charge is 0.453 e. The number of hydrogen-bond acceptors (Lipinski definition) is 3. The van der Waals surface area contributed by atoms with Crippen molar-refractivity contribution in [3.8, 4) is 6.08 Å². The summed E-state index contributed by atoms with van der Waals surface area (Å²) in [6.07, 6.45) is 0.337. The molecular weight excluding hydrogens is 269 g/mol. The molecule has 4 heteroatoms. The first-order valence-electron chi connectivity index (χ1n) is 3.66. The number of methoxy groups -OCH3 is 1. The Bertz CT molecular complexity index is 275. The van der Waals surface area contributed by atoms with Gasteiger partial charge in [0, 0.05) is 5.41 Å². The molecule has 0 spiro atoms. The number of hydrogen-bond donors (Lipinski definition) is 0. The summed E-state index contributed by atoms with van der Waals surface area (Å²) in [5.74, 6) is 0.875. The number of aromatic nitrogens is 1. The maximum atomic E-state index is 5.39. The monoisotopic (exact) mass is 281 g/mol. The minimum absolute atomic E-state index is 0.0136. The fourth-order valence-corrected chi connectivity index (χ4v) is 1.95. The summed E-state index contributed by atoms with van der Waals surface area (Å²) in [7, 11) is 1.55. The van der Waals surface area contributed by atoms with Gasteiger partial charge in [-0.25, -0.2) is 0 Å². The van der Waals surface area contributed by atoms with Crippen molar-refractivity contribution < 1.29 is 9.15 Å². The third-order valence-corrected chi connectivity index (χ3v) is 2.15. The van der Waals surface area contributed by atoms with Gasteiger partial charge in [0.05, 0.1) is 7.11 Å². The van der Waals surface area contributed by atoms with Crippen molar-refractivity contribution >= 4 is 22.6 Å². The highest BCUT2D eigenvalue weighted by molar-refractivity contribution is 14.1. The molecule has 0 saturated carbocycles. The Morgan fingerprint density at radius 2 is 2.00 bits per heavy atom. The second-order valence-corrected chi connectivity index (χ2v) is 4.58. The predicted molar refractivity (Wildman–Crippen MR) is 54.5 cm³/mol. The molecule has 0 aliphatic carbocycles. The summed E-state index contributed by atoms with van der Waals surface area (Å²) in [5.41, 5.74) is -0.0136. The van der Waals surface area contributed by atoms with Crippen molar-refractivity contribution in [3.05, 3.63) is 9.46 Å². The van der Waals surface area contributed by atoms with Gasteiger partial charge in [0.25, 0.3) is 0 Å². The summed E-state index contributed by atoms with van der Waals surface area (Å²) in [5, 5.41) is 0. The molecule has 0 N–H and O–H groups in total. The van der Waals surface area contributed by atoms with Crippen molar-refractivity contribution in [1.82, 2.24) is 4.98 Å². The molecule has 0 amide bonds. The molecule has 0 fully saturated rings. The lowest BCUT2D eigenvalue weighted by Crippen LogP contribution is -2.11. The average Bonchev–Trinajstić information content (AvgIpc) is 2.29. The Morgan fingerprint density at radius 3 is 2.25 bits per heavy atom. The lowest BCUT2D eigenvalue weighted by Gasteiger charge is -2.13. The van der Waals surface area contributed by atoms with E-state index in [1.165, 1.54) is 0 Å². The van der Waals surface area contributed by atoms with Crippen LogP contribution in [0.3, 0.4) is 0 Å². The predicted octanol–water partition coefficient (Wildman–Crippen LogP) is 2.59. The smallest absolute Gasteiger partial charge is 0.394 e. The summed E-state index contributed by atoms with van der Waals surface area (Å²) in [6.45, 7) is 6.24. The molecule has 0 radical (unpaired) electrons. The maximum absolute atomic E-state index is 5.39. The third kappa shape index (κ3) is 1.91. The van der Waals surface area contributed by atoms with E-state index in [0.29, 0.717) is 6.08 Å². The lowest BCUT2D eigenvalue weighted by atomic mass is 9.94. The van der Waals surface area contributed by atoms with E-state index in [0.717, 1.165) is 9.46 Å². The van der Waals surface area contributed by atoms with Gasteiger partial charge in [-0.2, -0.15) is 4.98 Å². The highest BCUT2D eigenvalue weighted by atomic mass is 127. The molecule has 0 aliphatic rings. The van der Waals surface area contributed by atoms with Crippen molar-refractivity contribution in [3.63, 3.8) is 0 Å². The summed E-state index contributed by atoms with van der Waals surface area (Å²) >= 11 is 2.14. The van der Waals surface area contributed by atoms with Crippen LogP contribution in [0.4, 0.5) is 0 Å². The van der Waals surface area contributed by atoms with Crippen LogP contribution in [0, 0.1) is 3.70 Å². The normalized spacial score (nSPS) is 11.8. The van der Waals surface area contributed by atoms with Gasteiger partial charge in [-0.15, -0.1) is 0 Å². The molecule has 1 rings (SSSR count). The summed E-state index contributed by atoms with van der Waals surface area (Å²) in [4.78, 5) is 4.09. The van der Waals surface area contributed by atoms with E-state index in [4.69, 9.17) is 9.15 Å². The van der Waals surface area contributed by atoms with Gasteiger partial charge in [0.15, 0.2) is 0 Å². The molecule has 0 unspecified atom stereocenters. The van der Waals surface area contributed by atoms with Crippen molar-refractivity contribution in [2.24, 2.45) is 0 Å². The number of ether oxygens (including phenoxy) is 1. The Morgan fingerprint density at radius 1 is 1.42 bits per heavy atom. The minimum atomic E-state index is -0.0136. The lowest BCUT2D eigenvalue weighted by molar-refractivity contribution is 0.265. The van der Waals surface area contributed by atoms with Crippen LogP contribution < -0.4 is 4.74 Å². The molecule has 0 saturated heterocycles. The highest BCUT2D eigenvalue weighted by Crippen LogP contribution is 2.29. The zero-order valence-corrected chi connectivity index (χ0v) is 9.80. The molecule has 3 nitrogen and oxygen atoms in total. The Balaban J connectivity index is 3.08. The van der Waals surface area contributed by atoms with Gasteiger partial charge in [-0.05, 0) is 22.6 Å². The first-order chi connectivity index (χ1) is 5.45. The second-order valence-electron chi connectivity index (χ2n) is 3.55. The van der Waals surface area contributed by atoms with E-state index in [2.05, 4.69) is 48.3 Å². The van der Waals surface area contributed by atoms with Crippen molar-refractivity contribution in [2.75, 3.05) is 7.11 Å². The average molecular weight is 281 g/mol. The summed E-state index contributed by atoms with van der Waals surface area (Å²) in [6, 6.07) is 0. The minimum Gasteiger partial charge on any atom is -0.453 e. The van der Waals surface area contributed by atoms with Gasteiger partial charge in [-0.3, -0.25) is 0 Å². The van der Waals surface area contributed by atoms with E-state index < -0.39 is 0 Å². The maximum Gasteiger partial charge on any atom is 0.394 e. The van der Waals surface area contributed by atoms with Crippen LogP contribution in [0.1, 0.15) is 26.5 Å². The zero-order chi connectivity index (χ0) is 9.35. The second kappa shape index (κ2) is 3.24. The molecule has 68 valence electrons.